The molecule has 2 heterocycles. The fourth-order valence-corrected chi connectivity index (χ4v) is 7.31. The molecule has 2 aromatic carbocycles. The summed E-state index contributed by atoms with van der Waals surface area (Å²) in [6.07, 6.45) is 10.1. The standard InChI is InChI=1S/C23H22N2Se2.HI/c1-3-17(13-15-22-24-18-9-5-7-11-20(18)26-22)14-16-23-25(4-2)19-10-6-8-12-21(19)27-23;/h5-16H,3-4H2,1-2H3;1H. The van der Waals surface area contributed by atoms with Crippen molar-refractivity contribution in [1.29, 1.82) is 0 Å². The molecule has 3 aromatic rings. The summed E-state index contributed by atoms with van der Waals surface area (Å²) < 4.78 is 5.53. The smallest absolute Gasteiger partial charge is 0.107 e. The predicted molar refractivity (Wildman–Crippen MR) is 134 cm³/mol. The maximum absolute atomic E-state index is 4.76. The van der Waals surface area contributed by atoms with Gasteiger partial charge in [0, 0.05) is 0 Å². The van der Waals surface area contributed by atoms with E-state index < -0.39 is 0 Å². The van der Waals surface area contributed by atoms with Gasteiger partial charge in [-0.05, 0) is 0 Å². The topological polar surface area (TPSA) is 16.1 Å². The van der Waals surface area contributed by atoms with E-state index in [-0.39, 0.29) is 24.0 Å². The first-order valence-corrected chi connectivity index (χ1v) is 12.7. The fourth-order valence-electron chi connectivity index (χ4n) is 3.11. The van der Waals surface area contributed by atoms with Gasteiger partial charge < -0.3 is 0 Å². The van der Waals surface area contributed by atoms with E-state index in [9.17, 15) is 0 Å². The number of fused-ring (bicyclic) bond motifs is 2. The molecule has 2 nitrogen and oxygen atoms in total. The van der Waals surface area contributed by atoms with Crippen LogP contribution in [0.25, 0.3) is 15.9 Å². The molecule has 0 saturated heterocycles. The number of hydrogen-bond donors (Lipinski definition) is 0. The summed E-state index contributed by atoms with van der Waals surface area (Å²) in [4.78, 5) is 7.21. The zero-order valence-electron chi connectivity index (χ0n) is 16.0. The Morgan fingerprint density at radius 1 is 1.07 bits per heavy atom. The summed E-state index contributed by atoms with van der Waals surface area (Å²) in [7, 11) is 0. The van der Waals surface area contributed by atoms with E-state index in [0.717, 1.165) is 18.5 Å². The molecule has 0 unspecified atom stereocenters. The predicted octanol–water partition coefficient (Wildman–Crippen LogP) is 4.97. The molecule has 1 aromatic heterocycles. The second kappa shape index (κ2) is 10.1. The molecule has 1 aliphatic heterocycles. The average molecular weight is 612 g/mol. The van der Waals surface area contributed by atoms with Gasteiger partial charge in [0.25, 0.3) is 0 Å². The summed E-state index contributed by atoms with van der Waals surface area (Å²) in [5, 5.41) is 0. The van der Waals surface area contributed by atoms with Crippen molar-refractivity contribution in [1.82, 2.24) is 4.98 Å². The van der Waals surface area contributed by atoms with Gasteiger partial charge in [-0.3, -0.25) is 0 Å². The molecule has 4 rings (SSSR count). The number of benzene rings is 2. The van der Waals surface area contributed by atoms with Gasteiger partial charge in [0.2, 0.25) is 0 Å². The normalized spacial score (nSPS) is 15.4. The van der Waals surface area contributed by atoms with Crippen molar-refractivity contribution in [3.05, 3.63) is 81.5 Å². The van der Waals surface area contributed by atoms with E-state index >= 15 is 0 Å². The van der Waals surface area contributed by atoms with Crippen LogP contribution in [0.2, 0.25) is 0 Å². The molecule has 0 saturated carbocycles. The van der Waals surface area contributed by atoms with E-state index in [2.05, 4.69) is 91.6 Å². The van der Waals surface area contributed by atoms with E-state index in [4.69, 9.17) is 4.98 Å². The van der Waals surface area contributed by atoms with Crippen LogP contribution in [0.5, 0.6) is 0 Å². The molecule has 0 amide bonds. The number of rotatable bonds is 5. The van der Waals surface area contributed by atoms with E-state index in [1.54, 1.807) is 0 Å². The molecular formula is C23H23IN2Se2. The molecule has 0 spiro atoms. The van der Waals surface area contributed by atoms with Crippen LogP contribution in [0.3, 0.4) is 0 Å². The summed E-state index contributed by atoms with van der Waals surface area (Å²) in [5.74, 6) is 0. The van der Waals surface area contributed by atoms with Gasteiger partial charge in [-0.25, -0.2) is 0 Å². The maximum Gasteiger partial charge on any atom is -0.107 e. The molecule has 0 aliphatic carbocycles. The van der Waals surface area contributed by atoms with Crippen LogP contribution in [0.15, 0.2) is 76.9 Å². The van der Waals surface area contributed by atoms with Crippen LogP contribution >= 0.6 is 24.0 Å². The van der Waals surface area contributed by atoms with Crippen molar-refractivity contribution in [2.75, 3.05) is 11.4 Å². The van der Waals surface area contributed by atoms with E-state index in [0.29, 0.717) is 29.5 Å². The van der Waals surface area contributed by atoms with Crippen molar-refractivity contribution in [2.24, 2.45) is 0 Å². The minimum absolute atomic E-state index is 0. The Hall–Kier alpha value is -1.10. The maximum atomic E-state index is 4.76. The monoisotopic (exact) mass is 614 g/mol. The summed E-state index contributed by atoms with van der Waals surface area (Å²) >= 11 is 0.728. The third kappa shape index (κ3) is 4.72. The zero-order valence-corrected chi connectivity index (χ0v) is 21.7. The first kappa shape index (κ1) is 21.6. The van der Waals surface area contributed by atoms with Gasteiger partial charge in [-0.15, -0.1) is 24.0 Å². The second-order valence-corrected chi connectivity index (χ2v) is 10.7. The number of halogens is 1. The summed E-state index contributed by atoms with van der Waals surface area (Å²) in [6, 6.07) is 17.3. The van der Waals surface area contributed by atoms with Crippen LogP contribution in [-0.2, 0) is 0 Å². The Kier molecular flexibility index (Phi) is 7.78. The third-order valence-corrected chi connectivity index (χ3v) is 9.03. The van der Waals surface area contributed by atoms with Crippen molar-refractivity contribution in [3.8, 4) is 0 Å². The molecule has 1 aliphatic rings. The van der Waals surface area contributed by atoms with Crippen LogP contribution in [-0.4, -0.2) is 41.0 Å². The van der Waals surface area contributed by atoms with Gasteiger partial charge in [0.15, 0.2) is 0 Å². The number of nitrogens with zero attached hydrogens (tertiary/aromatic N) is 2. The summed E-state index contributed by atoms with van der Waals surface area (Å²) in [5.41, 5.74) is 3.88. The van der Waals surface area contributed by atoms with Crippen molar-refractivity contribution in [2.45, 2.75) is 20.3 Å². The SMILES string of the molecule is CCC(C=Cc1nc2ccccc2[se]1)=CC=C1[Se]c2ccccc2N1CC.I. The number of para-hydroxylation sites is 2. The van der Waals surface area contributed by atoms with Crippen LogP contribution in [0, 0.1) is 0 Å². The largest absolute Gasteiger partial charge is 0.107 e. The molecule has 0 bridgehead atoms. The summed E-state index contributed by atoms with van der Waals surface area (Å²) in [6.45, 7) is 5.47. The van der Waals surface area contributed by atoms with Crippen molar-refractivity contribution in [3.63, 3.8) is 0 Å². The molecular weight excluding hydrogens is 589 g/mol. The molecule has 5 heteroatoms. The molecule has 0 atom stereocenters. The number of anilines is 1. The second-order valence-electron chi connectivity index (χ2n) is 6.27. The Morgan fingerprint density at radius 3 is 2.64 bits per heavy atom. The first-order valence-electron chi connectivity index (χ1n) is 9.27. The Balaban J connectivity index is 0.00000225. The molecule has 28 heavy (non-hydrogen) atoms. The van der Waals surface area contributed by atoms with Crippen molar-refractivity contribution >= 4 is 79.4 Å². The molecule has 144 valence electrons. The molecule has 0 fully saturated rings. The average Bonchev–Trinajstić information content (AvgIpc) is 3.28. The Bertz CT molecular complexity index is 1020. The van der Waals surface area contributed by atoms with Gasteiger partial charge in [-0.2, -0.15) is 0 Å². The van der Waals surface area contributed by atoms with Crippen LogP contribution in [0.1, 0.15) is 24.8 Å². The minimum Gasteiger partial charge on any atom is -0.107 e. The minimum atomic E-state index is 0. The number of aromatic nitrogens is 1. The van der Waals surface area contributed by atoms with Gasteiger partial charge in [-0.1, -0.05) is 0 Å². The first-order chi connectivity index (χ1) is 13.3. The Labute approximate surface area is 196 Å². The zero-order chi connectivity index (χ0) is 18.6. The quantitative estimate of drug-likeness (QED) is 0.230. The number of allylic oxidation sites excluding steroid dienone is 4. The van der Waals surface area contributed by atoms with Gasteiger partial charge in [0.1, 0.15) is 0 Å². The van der Waals surface area contributed by atoms with E-state index in [1.165, 1.54) is 29.1 Å². The van der Waals surface area contributed by atoms with E-state index in [1.807, 2.05) is 0 Å². The van der Waals surface area contributed by atoms with Crippen LogP contribution in [0.4, 0.5) is 5.69 Å². The van der Waals surface area contributed by atoms with Crippen molar-refractivity contribution < 1.29 is 0 Å². The van der Waals surface area contributed by atoms with Crippen LogP contribution < -0.4 is 9.36 Å². The van der Waals surface area contributed by atoms with Gasteiger partial charge >= 0.3 is 174 Å². The molecule has 0 radical (unpaired) electrons. The Morgan fingerprint density at radius 2 is 1.86 bits per heavy atom. The fraction of sp³-hybridized carbons (Fsp3) is 0.174. The molecule has 0 N–H and O–H groups in total. The third-order valence-electron chi connectivity index (χ3n) is 4.55. The van der Waals surface area contributed by atoms with Gasteiger partial charge in [0.05, 0.1) is 0 Å². The number of hydrogen-bond acceptors (Lipinski definition) is 2.